The van der Waals surface area contributed by atoms with Crippen LogP contribution in [0.15, 0.2) is 24.3 Å². The number of benzene rings is 1. The summed E-state index contributed by atoms with van der Waals surface area (Å²) in [7, 11) is 0. The van der Waals surface area contributed by atoms with E-state index < -0.39 is 11.0 Å². The number of anilines is 1. The summed E-state index contributed by atoms with van der Waals surface area (Å²) in [6, 6.07) is 6.36. The molecule has 2 aromatic rings. The van der Waals surface area contributed by atoms with E-state index >= 15 is 0 Å². The minimum absolute atomic E-state index is 0.260. The molecule has 0 saturated heterocycles. The maximum atomic E-state index is 12.4. The molecule has 116 valence electrons. The molecule has 1 unspecified atom stereocenters. The van der Waals surface area contributed by atoms with Crippen LogP contribution in [0.3, 0.4) is 0 Å². The first-order valence-electron chi connectivity index (χ1n) is 6.89. The predicted octanol–water partition coefficient (Wildman–Crippen LogP) is 2.92. The van der Waals surface area contributed by atoms with Gasteiger partial charge in [0.15, 0.2) is 0 Å². The first-order chi connectivity index (χ1) is 10.3. The fourth-order valence-corrected chi connectivity index (χ4v) is 2.19. The van der Waals surface area contributed by atoms with Crippen LogP contribution in [0.5, 0.6) is 0 Å². The van der Waals surface area contributed by atoms with Crippen molar-refractivity contribution in [1.82, 2.24) is 9.78 Å². The summed E-state index contributed by atoms with van der Waals surface area (Å²) in [6.07, 6.45) is 0. The van der Waals surface area contributed by atoms with Crippen LogP contribution in [0.4, 0.5) is 11.5 Å². The quantitative estimate of drug-likeness (QED) is 0.694. The molecular formula is C15H18N4O3. The number of aryl methyl sites for hydroxylation is 2. The minimum atomic E-state index is -0.645. The summed E-state index contributed by atoms with van der Waals surface area (Å²) in [4.78, 5) is 22.6. The average molecular weight is 302 g/mol. The third-order valence-electron chi connectivity index (χ3n) is 3.71. The summed E-state index contributed by atoms with van der Waals surface area (Å²) in [6.45, 7) is 7.24. The molecule has 1 heterocycles. The molecule has 7 nitrogen and oxygen atoms in total. The van der Waals surface area contributed by atoms with Gasteiger partial charge in [-0.05, 0) is 49.8 Å². The van der Waals surface area contributed by atoms with Gasteiger partial charge in [-0.1, -0.05) is 12.1 Å². The lowest BCUT2D eigenvalue weighted by Gasteiger charge is -2.14. The topological polar surface area (TPSA) is 90.1 Å². The van der Waals surface area contributed by atoms with Crippen LogP contribution in [0.1, 0.15) is 29.8 Å². The first kappa shape index (κ1) is 15.7. The Bertz CT molecular complexity index is 736. The Morgan fingerprint density at radius 3 is 2.64 bits per heavy atom. The van der Waals surface area contributed by atoms with Gasteiger partial charge in [-0.3, -0.25) is 4.79 Å². The smallest absolute Gasteiger partial charge is 0.358 e. The van der Waals surface area contributed by atoms with Gasteiger partial charge in [0, 0.05) is 5.69 Å². The summed E-state index contributed by atoms with van der Waals surface area (Å²) >= 11 is 0. The first-order valence-corrected chi connectivity index (χ1v) is 6.89. The van der Waals surface area contributed by atoms with Crippen LogP contribution in [0.2, 0.25) is 0 Å². The highest BCUT2D eigenvalue weighted by molar-refractivity contribution is 5.94. The number of hydrogen-bond donors (Lipinski definition) is 1. The van der Waals surface area contributed by atoms with Crippen LogP contribution in [0.25, 0.3) is 0 Å². The molecule has 22 heavy (non-hydrogen) atoms. The SMILES string of the molecule is Cc1cccc(NC(=O)C(C)n2nc([N+](=O)[O-])cc2C)c1C. The molecule has 1 atom stereocenters. The molecule has 0 aliphatic heterocycles. The fourth-order valence-electron chi connectivity index (χ4n) is 2.19. The van der Waals surface area contributed by atoms with Gasteiger partial charge in [-0.25, -0.2) is 0 Å². The maximum Gasteiger partial charge on any atom is 0.390 e. The van der Waals surface area contributed by atoms with Gasteiger partial charge >= 0.3 is 5.82 Å². The van der Waals surface area contributed by atoms with Gasteiger partial charge in [-0.15, -0.1) is 0 Å². The second-order valence-electron chi connectivity index (χ2n) is 5.26. The number of hydrogen-bond acceptors (Lipinski definition) is 4. The van der Waals surface area contributed by atoms with Crippen molar-refractivity contribution in [3.8, 4) is 0 Å². The van der Waals surface area contributed by atoms with Gasteiger partial charge in [0.25, 0.3) is 5.91 Å². The van der Waals surface area contributed by atoms with E-state index in [2.05, 4.69) is 10.4 Å². The van der Waals surface area contributed by atoms with Crippen LogP contribution in [0, 0.1) is 30.9 Å². The van der Waals surface area contributed by atoms with Crippen molar-refractivity contribution in [1.29, 1.82) is 0 Å². The number of carbonyl (C=O) groups excluding carboxylic acids is 1. The lowest BCUT2D eigenvalue weighted by atomic mass is 10.1. The molecule has 0 saturated carbocycles. The zero-order valence-corrected chi connectivity index (χ0v) is 13.0. The van der Waals surface area contributed by atoms with E-state index in [1.54, 1.807) is 13.8 Å². The average Bonchev–Trinajstić information content (AvgIpc) is 2.85. The summed E-state index contributed by atoms with van der Waals surface area (Å²) < 4.78 is 1.36. The van der Waals surface area contributed by atoms with E-state index in [1.165, 1.54) is 10.7 Å². The van der Waals surface area contributed by atoms with Gasteiger partial charge in [0.2, 0.25) is 0 Å². The molecular weight excluding hydrogens is 284 g/mol. The Morgan fingerprint density at radius 2 is 2.05 bits per heavy atom. The second-order valence-corrected chi connectivity index (χ2v) is 5.26. The molecule has 0 radical (unpaired) electrons. The number of nitro groups is 1. The van der Waals surface area contributed by atoms with Crippen molar-refractivity contribution in [2.75, 3.05) is 5.32 Å². The van der Waals surface area contributed by atoms with Crippen molar-refractivity contribution in [2.45, 2.75) is 33.7 Å². The van der Waals surface area contributed by atoms with E-state index in [9.17, 15) is 14.9 Å². The number of rotatable bonds is 4. The number of nitrogens with zero attached hydrogens (tertiary/aromatic N) is 3. The van der Waals surface area contributed by atoms with E-state index in [4.69, 9.17) is 0 Å². The molecule has 1 aromatic carbocycles. The Kier molecular flexibility index (Phi) is 4.25. The van der Waals surface area contributed by atoms with Crippen molar-refractivity contribution in [3.05, 3.63) is 51.2 Å². The summed E-state index contributed by atoms with van der Waals surface area (Å²) in [5.74, 6) is -0.529. The normalized spacial score (nSPS) is 12.0. The summed E-state index contributed by atoms with van der Waals surface area (Å²) in [5.41, 5.74) is 3.37. The Morgan fingerprint density at radius 1 is 1.36 bits per heavy atom. The molecule has 0 spiro atoms. The molecule has 0 aliphatic carbocycles. The van der Waals surface area contributed by atoms with Crippen molar-refractivity contribution < 1.29 is 9.72 Å². The number of amides is 1. The van der Waals surface area contributed by atoms with E-state index in [0.29, 0.717) is 5.69 Å². The van der Waals surface area contributed by atoms with Crippen LogP contribution < -0.4 is 5.32 Å². The van der Waals surface area contributed by atoms with Gasteiger partial charge in [-0.2, -0.15) is 4.68 Å². The van der Waals surface area contributed by atoms with Crippen LogP contribution in [-0.4, -0.2) is 20.6 Å². The zero-order valence-electron chi connectivity index (χ0n) is 13.0. The summed E-state index contributed by atoms with van der Waals surface area (Å²) in [5, 5.41) is 17.5. The highest BCUT2D eigenvalue weighted by atomic mass is 16.6. The Balaban J connectivity index is 2.22. The second kappa shape index (κ2) is 5.97. The van der Waals surface area contributed by atoms with Crippen molar-refractivity contribution in [2.24, 2.45) is 0 Å². The van der Waals surface area contributed by atoms with E-state index in [-0.39, 0.29) is 11.7 Å². The van der Waals surface area contributed by atoms with E-state index in [0.717, 1.165) is 16.8 Å². The molecule has 7 heteroatoms. The molecule has 2 rings (SSSR count). The lowest BCUT2D eigenvalue weighted by molar-refractivity contribution is -0.389. The lowest BCUT2D eigenvalue weighted by Crippen LogP contribution is -2.25. The highest BCUT2D eigenvalue weighted by Gasteiger charge is 2.24. The van der Waals surface area contributed by atoms with Gasteiger partial charge in [0.1, 0.15) is 6.04 Å². The third-order valence-corrected chi connectivity index (χ3v) is 3.71. The van der Waals surface area contributed by atoms with Crippen molar-refractivity contribution in [3.63, 3.8) is 0 Å². The number of aromatic nitrogens is 2. The molecule has 0 fully saturated rings. The monoisotopic (exact) mass is 302 g/mol. The molecule has 0 aliphatic rings. The standard InChI is InChI=1S/C15H18N4O3/c1-9-6-5-7-13(11(9)3)16-15(20)12(4)18-10(2)8-14(17-18)19(21)22/h5-8,12H,1-4H3,(H,16,20). The largest absolute Gasteiger partial charge is 0.390 e. The predicted molar refractivity (Wildman–Crippen MR) is 82.9 cm³/mol. The Hall–Kier alpha value is -2.70. The third kappa shape index (κ3) is 2.98. The molecule has 0 bridgehead atoms. The molecule has 1 N–H and O–H groups in total. The van der Waals surface area contributed by atoms with Crippen molar-refractivity contribution >= 4 is 17.4 Å². The van der Waals surface area contributed by atoms with Crippen LogP contribution >= 0.6 is 0 Å². The van der Waals surface area contributed by atoms with Crippen LogP contribution in [-0.2, 0) is 4.79 Å². The maximum absolute atomic E-state index is 12.4. The van der Waals surface area contributed by atoms with Gasteiger partial charge in [0.05, 0.1) is 16.9 Å². The number of carbonyl (C=O) groups is 1. The number of nitrogens with one attached hydrogen (secondary N) is 1. The molecule has 1 aromatic heterocycles. The van der Waals surface area contributed by atoms with E-state index in [1.807, 2.05) is 32.0 Å². The van der Waals surface area contributed by atoms with Gasteiger partial charge < -0.3 is 15.4 Å². The highest BCUT2D eigenvalue weighted by Crippen LogP contribution is 2.21. The fraction of sp³-hybridized carbons (Fsp3) is 0.333. The minimum Gasteiger partial charge on any atom is -0.358 e. The molecule has 1 amide bonds. The Labute approximate surface area is 128 Å². The zero-order chi connectivity index (χ0) is 16.4.